The highest BCUT2D eigenvalue weighted by Crippen LogP contribution is 2.27. The van der Waals surface area contributed by atoms with Crippen LogP contribution >= 0.6 is 0 Å². The highest BCUT2D eigenvalue weighted by atomic mass is 16.5. The van der Waals surface area contributed by atoms with Crippen molar-refractivity contribution >= 4 is 5.97 Å². The van der Waals surface area contributed by atoms with E-state index in [0.29, 0.717) is 0 Å². The molecule has 0 aliphatic rings. The zero-order valence-electron chi connectivity index (χ0n) is 9.77. The van der Waals surface area contributed by atoms with Crippen LogP contribution in [0.1, 0.15) is 13.8 Å². The molecule has 0 spiro atoms. The lowest BCUT2D eigenvalue weighted by atomic mass is 9.78. The van der Waals surface area contributed by atoms with E-state index in [-0.39, 0.29) is 37.9 Å². The molecule has 0 saturated heterocycles. The van der Waals surface area contributed by atoms with Crippen LogP contribution in [0.3, 0.4) is 0 Å². The Morgan fingerprint density at radius 3 is 2.19 bits per heavy atom. The van der Waals surface area contributed by atoms with E-state index in [1.165, 1.54) is 6.92 Å². The molecule has 0 amide bonds. The molecule has 0 saturated carbocycles. The Morgan fingerprint density at radius 1 is 1.38 bits per heavy atom. The van der Waals surface area contributed by atoms with E-state index in [4.69, 9.17) is 9.84 Å². The minimum absolute atomic E-state index is 0.145. The molecule has 0 bridgehead atoms. The molecule has 0 aliphatic heterocycles. The fourth-order valence-electron chi connectivity index (χ4n) is 1.12. The van der Waals surface area contributed by atoms with E-state index in [9.17, 15) is 15.0 Å². The Hall–Kier alpha value is -0.910. The van der Waals surface area contributed by atoms with Crippen LogP contribution in [0.4, 0.5) is 0 Å². The Morgan fingerprint density at radius 2 is 1.88 bits per heavy atom. The number of rotatable bonds is 7. The van der Waals surface area contributed by atoms with Crippen molar-refractivity contribution in [1.82, 2.24) is 0 Å². The van der Waals surface area contributed by atoms with Crippen LogP contribution in [0.2, 0.25) is 0 Å². The fraction of sp³-hybridized carbons (Fsp3) is 0.727. The van der Waals surface area contributed by atoms with Gasteiger partial charge in [-0.2, -0.15) is 0 Å². The first-order valence-corrected chi connectivity index (χ1v) is 5.08. The number of hydrogen-bond acceptors (Lipinski definition) is 5. The Labute approximate surface area is 95.4 Å². The Bertz CT molecular complexity index is 245. The van der Waals surface area contributed by atoms with Crippen molar-refractivity contribution in [1.29, 1.82) is 0 Å². The summed E-state index contributed by atoms with van der Waals surface area (Å²) in [4.78, 5) is 11.2. The predicted molar refractivity (Wildman–Crippen MR) is 58.6 cm³/mol. The SMILES string of the molecule is C=C(C)C(=O)OCC(CO)(CO)C(C)CO. The molecule has 0 aromatic carbocycles. The lowest BCUT2D eigenvalue weighted by Gasteiger charge is -2.34. The van der Waals surface area contributed by atoms with Gasteiger partial charge in [-0.3, -0.25) is 0 Å². The molecular formula is C11H20O5. The van der Waals surface area contributed by atoms with Gasteiger partial charge in [-0.05, 0) is 12.8 Å². The first kappa shape index (κ1) is 15.1. The van der Waals surface area contributed by atoms with Crippen LogP contribution in [0.15, 0.2) is 12.2 Å². The van der Waals surface area contributed by atoms with E-state index < -0.39 is 11.4 Å². The monoisotopic (exact) mass is 232 g/mol. The molecule has 0 aliphatic carbocycles. The number of aliphatic hydroxyl groups excluding tert-OH is 3. The number of hydrogen-bond donors (Lipinski definition) is 3. The van der Waals surface area contributed by atoms with Crippen molar-refractivity contribution in [3.8, 4) is 0 Å². The van der Waals surface area contributed by atoms with E-state index in [0.717, 1.165) is 0 Å². The largest absolute Gasteiger partial charge is 0.462 e. The molecule has 94 valence electrons. The second-order valence-electron chi connectivity index (χ2n) is 4.12. The van der Waals surface area contributed by atoms with E-state index >= 15 is 0 Å². The number of ether oxygens (including phenoxy) is 1. The molecule has 1 unspecified atom stereocenters. The second-order valence-corrected chi connectivity index (χ2v) is 4.12. The quantitative estimate of drug-likeness (QED) is 0.414. The van der Waals surface area contributed by atoms with Gasteiger partial charge in [0.1, 0.15) is 6.61 Å². The third kappa shape index (κ3) is 3.59. The zero-order valence-corrected chi connectivity index (χ0v) is 9.77. The summed E-state index contributed by atoms with van der Waals surface area (Å²) in [5, 5.41) is 27.5. The van der Waals surface area contributed by atoms with Gasteiger partial charge < -0.3 is 20.1 Å². The molecule has 0 heterocycles. The van der Waals surface area contributed by atoms with Gasteiger partial charge in [-0.25, -0.2) is 4.79 Å². The summed E-state index contributed by atoms with van der Waals surface area (Å²) in [6.45, 7) is 5.52. The maximum Gasteiger partial charge on any atom is 0.333 e. The van der Waals surface area contributed by atoms with Crippen LogP contribution in [-0.2, 0) is 9.53 Å². The molecular weight excluding hydrogens is 212 g/mol. The summed E-state index contributed by atoms with van der Waals surface area (Å²) >= 11 is 0. The lowest BCUT2D eigenvalue weighted by molar-refractivity contribution is -0.148. The van der Waals surface area contributed by atoms with Gasteiger partial charge in [0.15, 0.2) is 0 Å². The van der Waals surface area contributed by atoms with Crippen LogP contribution in [0.5, 0.6) is 0 Å². The van der Waals surface area contributed by atoms with E-state index in [2.05, 4.69) is 6.58 Å². The smallest absolute Gasteiger partial charge is 0.333 e. The molecule has 3 N–H and O–H groups in total. The third-order valence-electron chi connectivity index (χ3n) is 2.79. The highest BCUT2D eigenvalue weighted by molar-refractivity contribution is 5.86. The lowest BCUT2D eigenvalue weighted by Crippen LogP contribution is -2.43. The number of carbonyl (C=O) groups is 1. The van der Waals surface area contributed by atoms with Crippen LogP contribution in [-0.4, -0.2) is 47.7 Å². The zero-order chi connectivity index (χ0) is 12.8. The average Bonchev–Trinajstić information content (AvgIpc) is 2.29. The van der Waals surface area contributed by atoms with Gasteiger partial charge in [0.2, 0.25) is 0 Å². The average molecular weight is 232 g/mol. The maximum atomic E-state index is 11.2. The fourth-order valence-corrected chi connectivity index (χ4v) is 1.12. The van der Waals surface area contributed by atoms with Gasteiger partial charge in [0, 0.05) is 12.2 Å². The molecule has 0 aromatic heterocycles. The first-order valence-electron chi connectivity index (χ1n) is 5.08. The van der Waals surface area contributed by atoms with E-state index in [1.807, 2.05) is 0 Å². The van der Waals surface area contributed by atoms with Crippen molar-refractivity contribution in [3.63, 3.8) is 0 Å². The summed E-state index contributed by atoms with van der Waals surface area (Å²) in [6, 6.07) is 0. The summed E-state index contributed by atoms with van der Waals surface area (Å²) < 4.78 is 4.90. The van der Waals surface area contributed by atoms with Crippen molar-refractivity contribution in [3.05, 3.63) is 12.2 Å². The Kier molecular flexibility index (Phi) is 6.25. The molecule has 0 rings (SSSR count). The summed E-state index contributed by atoms with van der Waals surface area (Å²) in [7, 11) is 0. The van der Waals surface area contributed by atoms with Gasteiger partial charge in [-0.1, -0.05) is 13.5 Å². The first-order chi connectivity index (χ1) is 7.43. The van der Waals surface area contributed by atoms with Crippen molar-refractivity contribution in [2.45, 2.75) is 13.8 Å². The minimum Gasteiger partial charge on any atom is -0.462 e. The topological polar surface area (TPSA) is 87.0 Å². The Balaban J connectivity index is 4.56. The number of esters is 1. The minimum atomic E-state index is -1.01. The predicted octanol–water partition coefficient (Wildman–Crippen LogP) is -0.295. The normalized spacial score (nSPS) is 13.3. The molecule has 0 radical (unpaired) electrons. The molecule has 0 aromatic rings. The van der Waals surface area contributed by atoms with Crippen molar-refractivity contribution in [2.75, 3.05) is 26.4 Å². The van der Waals surface area contributed by atoms with Crippen molar-refractivity contribution in [2.24, 2.45) is 11.3 Å². The molecule has 1 atom stereocenters. The second kappa shape index (κ2) is 6.62. The van der Waals surface area contributed by atoms with E-state index in [1.54, 1.807) is 6.92 Å². The third-order valence-corrected chi connectivity index (χ3v) is 2.79. The van der Waals surface area contributed by atoms with Gasteiger partial charge in [0.05, 0.1) is 18.6 Å². The molecule has 5 nitrogen and oxygen atoms in total. The number of carbonyl (C=O) groups excluding carboxylic acids is 1. The van der Waals surface area contributed by atoms with Gasteiger partial charge >= 0.3 is 5.97 Å². The van der Waals surface area contributed by atoms with Gasteiger partial charge in [-0.15, -0.1) is 0 Å². The summed E-state index contributed by atoms with van der Waals surface area (Å²) in [5.41, 5.74) is -0.763. The van der Waals surface area contributed by atoms with Crippen LogP contribution in [0, 0.1) is 11.3 Å². The van der Waals surface area contributed by atoms with Crippen molar-refractivity contribution < 1.29 is 24.9 Å². The van der Waals surface area contributed by atoms with Crippen LogP contribution < -0.4 is 0 Å². The van der Waals surface area contributed by atoms with Gasteiger partial charge in [0.25, 0.3) is 0 Å². The maximum absolute atomic E-state index is 11.2. The molecule has 5 heteroatoms. The summed E-state index contributed by atoms with van der Waals surface area (Å²) in [6.07, 6.45) is 0. The molecule has 0 fully saturated rings. The summed E-state index contributed by atoms with van der Waals surface area (Å²) in [5.74, 6) is -0.947. The van der Waals surface area contributed by atoms with Crippen LogP contribution in [0.25, 0.3) is 0 Å². The highest BCUT2D eigenvalue weighted by Gasteiger charge is 2.36. The standard InChI is InChI=1S/C11H20O5/c1-8(2)10(15)16-7-11(5-13,6-14)9(3)4-12/h9,12-14H,1,4-7H2,2-3H3. The number of aliphatic hydroxyl groups is 3. The molecule has 16 heavy (non-hydrogen) atoms.